The van der Waals surface area contributed by atoms with Crippen molar-refractivity contribution in [3.8, 4) is 0 Å². The van der Waals surface area contributed by atoms with Gasteiger partial charge in [0.1, 0.15) is 0 Å². The molecule has 0 aromatic heterocycles. The number of carbonyl (C=O) groups is 1. The molecule has 1 amide bonds. The molecule has 3 N–H and O–H groups in total. The third-order valence-corrected chi connectivity index (χ3v) is 11.6. The summed E-state index contributed by atoms with van der Waals surface area (Å²) in [5, 5.41) is 23.1. The molecule has 330 valence electrons. The van der Waals surface area contributed by atoms with E-state index in [4.69, 9.17) is 0 Å². The zero-order chi connectivity index (χ0) is 40.7. The van der Waals surface area contributed by atoms with Crippen molar-refractivity contribution in [2.75, 3.05) is 6.61 Å². The van der Waals surface area contributed by atoms with Crippen molar-refractivity contribution in [2.45, 2.75) is 283 Å². The van der Waals surface area contributed by atoms with Gasteiger partial charge >= 0.3 is 0 Å². The lowest BCUT2D eigenvalue weighted by Crippen LogP contribution is -2.45. The van der Waals surface area contributed by atoms with Gasteiger partial charge in [-0.1, -0.05) is 256 Å². The summed E-state index contributed by atoms with van der Waals surface area (Å²) in [6, 6.07) is -0.643. The number of amides is 1. The summed E-state index contributed by atoms with van der Waals surface area (Å²) >= 11 is 0. The molecule has 2 atom stereocenters. The molecule has 0 aliphatic rings. The molecule has 0 radical (unpaired) electrons. The Hall–Kier alpha value is -1.39. The number of rotatable bonds is 46. The molecule has 56 heavy (non-hydrogen) atoms. The first-order chi connectivity index (χ1) is 27.7. The van der Waals surface area contributed by atoms with E-state index < -0.39 is 12.1 Å². The Morgan fingerprint density at radius 3 is 1.04 bits per heavy atom. The van der Waals surface area contributed by atoms with Crippen molar-refractivity contribution in [3.05, 3.63) is 36.5 Å². The van der Waals surface area contributed by atoms with Crippen LogP contribution in [0.5, 0.6) is 0 Å². The second-order valence-corrected chi connectivity index (χ2v) is 17.2. The minimum atomic E-state index is -0.868. The highest BCUT2D eigenvalue weighted by atomic mass is 16.3. The summed E-state index contributed by atoms with van der Waals surface area (Å²) in [4.78, 5) is 12.4. The predicted octanol–water partition coefficient (Wildman–Crippen LogP) is 16.1. The highest BCUT2D eigenvalue weighted by Gasteiger charge is 2.17. The van der Waals surface area contributed by atoms with Crippen LogP contribution in [-0.4, -0.2) is 34.9 Å². The molecule has 0 fully saturated rings. The van der Waals surface area contributed by atoms with E-state index in [1.54, 1.807) is 6.08 Å². The number of hydrogen-bond donors (Lipinski definition) is 3. The Morgan fingerprint density at radius 2 is 0.696 bits per heavy atom. The van der Waals surface area contributed by atoms with E-state index in [9.17, 15) is 15.0 Å². The summed E-state index contributed by atoms with van der Waals surface area (Å²) in [6.07, 6.45) is 64.2. The van der Waals surface area contributed by atoms with Crippen LogP contribution in [0.3, 0.4) is 0 Å². The van der Waals surface area contributed by atoms with Crippen molar-refractivity contribution in [1.82, 2.24) is 5.32 Å². The van der Waals surface area contributed by atoms with Crippen LogP contribution in [-0.2, 0) is 4.79 Å². The van der Waals surface area contributed by atoms with Crippen molar-refractivity contribution < 1.29 is 15.0 Å². The van der Waals surface area contributed by atoms with Crippen LogP contribution in [0.4, 0.5) is 0 Å². The van der Waals surface area contributed by atoms with E-state index in [2.05, 4.69) is 43.5 Å². The fourth-order valence-corrected chi connectivity index (χ4v) is 7.74. The summed E-state index contributed by atoms with van der Waals surface area (Å²) in [5.74, 6) is -0.0734. The Kier molecular flexibility index (Phi) is 46.8. The van der Waals surface area contributed by atoms with E-state index >= 15 is 0 Å². The lowest BCUT2D eigenvalue weighted by molar-refractivity contribution is -0.123. The van der Waals surface area contributed by atoms with Gasteiger partial charge in [0.2, 0.25) is 5.91 Å². The third-order valence-electron chi connectivity index (χ3n) is 11.6. The van der Waals surface area contributed by atoms with Crippen molar-refractivity contribution >= 4 is 5.91 Å². The summed E-state index contributed by atoms with van der Waals surface area (Å²) in [7, 11) is 0. The van der Waals surface area contributed by atoms with Crippen molar-refractivity contribution in [3.63, 3.8) is 0 Å². The highest BCUT2D eigenvalue weighted by Crippen LogP contribution is 2.16. The molecular formula is C52H99NO3. The monoisotopic (exact) mass is 786 g/mol. The van der Waals surface area contributed by atoms with Crippen LogP contribution in [0.2, 0.25) is 0 Å². The molecule has 0 saturated heterocycles. The summed E-state index contributed by atoms with van der Waals surface area (Å²) < 4.78 is 0. The SMILES string of the molecule is CCCCCCCCCCCCCC/C=C/CC/C=C/CC/C=C/C(O)C(CO)NC(=O)CCCCCCCCCCCCCCCCCCCCCCCC. The van der Waals surface area contributed by atoms with Gasteiger partial charge in [-0.15, -0.1) is 0 Å². The maximum Gasteiger partial charge on any atom is 0.220 e. The molecule has 2 unspecified atom stereocenters. The van der Waals surface area contributed by atoms with Crippen LogP contribution in [0, 0.1) is 0 Å². The van der Waals surface area contributed by atoms with Gasteiger partial charge < -0.3 is 15.5 Å². The molecule has 0 heterocycles. The average Bonchev–Trinajstić information content (AvgIpc) is 3.20. The number of aliphatic hydroxyl groups excluding tert-OH is 2. The second kappa shape index (κ2) is 48.0. The van der Waals surface area contributed by atoms with Gasteiger partial charge in [0.25, 0.3) is 0 Å². The van der Waals surface area contributed by atoms with Crippen LogP contribution in [0.25, 0.3) is 0 Å². The minimum absolute atomic E-state index is 0.0734. The average molecular weight is 786 g/mol. The topological polar surface area (TPSA) is 69.6 Å². The maximum absolute atomic E-state index is 12.4. The van der Waals surface area contributed by atoms with Crippen LogP contribution >= 0.6 is 0 Å². The van der Waals surface area contributed by atoms with Gasteiger partial charge in [-0.05, 0) is 44.9 Å². The normalized spacial score (nSPS) is 13.1. The van der Waals surface area contributed by atoms with Crippen LogP contribution in [0.15, 0.2) is 36.5 Å². The molecule has 0 bridgehead atoms. The van der Waals surface area contributed by atoms with E-state index in [0.717, 1.165) is 38.5 Å². The number of carbonyl (C=O) groups excluding carboxylic acids is 1. The van der Waals surface area contributed by atoms with E-state index in [0.29, 0.717) is 6.42 Å². The molecule has 0 spiro atoms. The predicted molar refractivity (Wildman–Crippen MR) is 248 cm³/mol. The zero-order valence-electron chi connectivity index (χ0n) is 37.9. The maximum atomic E-state index is 12.4. The number of nitrogens with one attached hydrogen (secondary N) is 1. The fraction of sp³-hybridized carbons (Fsp3) is 0.865. The molecule has 0 aromatic rings. The van der Waals surface area contributed by atoms with Gasteiger partial charge in [-0.2, -0.15) is 0 Å². The van der Waals surface area contributed by atoms with Crippen molar-refractivity contribution in [2.24, 2.45) is 0 Å². The lowest BCUT2D eigenvalue weighted by Gasteiger charge is -2.19. The number of unbranched alkanes of at least 4 members (excludes halogenated alkanes) is 35. The minimum Gasteiger partial charge on any atom is -0.394 e. The first-order valence-electron chi connectivity index (χ1n) is 25.2. The van der Waals surface area contributed by atoms with Gasteiger partial charge in [0.15, 0.2) is 0 Å². The van der Waals surface area contributed by atoms with Gasteiger partial charge in [0.05, 0.1) is 18.8 Å². The Balaban J connectivity index is 3.57. The fourth-order valence-electron chi connectivity index (χ4n) is 7.74. The van der Waals surface area contributed by atoms with E-state index in [-0.39, 0.29) is 12.5 Å². The molecule has 0 rings (SSSR count). The zero-order valence-corrected chi connectivity index (χ0v) is 37.9. The van der Waals surface area contributed by atoms with Crippen molar-refractivity contribution in [1.29, 1.82) is 0 Å². The standard InChI is InChI=1S/C52H99NO3/c1-3-5-7-9-11-13-15-17-19-21-23-25-27-29-31-33-35-37-39-41-43-45-47-51(55)50(49-54)53-52(56)48-46-44-42-40-38-36-34-32-30-28-26-24-22-20-18-16-14-12-10-8-6-4-2/h29,31,37,39,45,47,50-51,54-55H,3-28,30,32-36,38,40-44,46,48-49H2,1-2H3,(H,53,56)/b31-29+,39-37+,47-45+. The molecule has 4 heteroatoms. The number of allylic oxidation sites excluding steroid dienone is 5. The summed E-state index contributed by atoms with van der Waals surface area (Å²) in [6.45, 7) is 4.32. The molecule has 0 aliphatic carbocycles. The largest absolute Gasteiger partial charge is 0.394 e. The number of hydrogen-bond acceptors (Lipinski definition) is 3. The summed E-state index contributed by atoms with van der Waals surface area (Å²) in [5.41, 5.74) is 0. The highest BCUT2D eigenvalue weighted by molar-refractivity contribution is 5.76. The van der Waals surface area contributed by atoms with E-state index in [1.807, 2.05) is 6.08 Å². The van der Waals surface area contributed by atoms with Gasteiger partial charge in [-0.25, -0.2) is 0 Å². The van der Waals surface area contributed by atoms with E-state index in [1.165, 1.54) is 212 Å². The smallest absolute Gasteiger partial charge is 0.220 e. The van der Waals surface area contributed by atoms with Gasteiger partial charge in [0, 0.05) is 6.42 Å². The molecule has 0 aliphatic heterocycles. The first-order valence-corrected chi connectivity index (χ1v) is 25.2. The Bertz CT molecular complexity index is 851. The van der Waals surface area contributed by atoms with Crippen LogP contribution < -0.4 is 5.32 Å². The molecule has 4 nitrogen and oxygen atoms in total. The molecule has 0 aromatic carbocycles. The lowest BCUT2D eigenvalue weighted by atomic mass is 10.0. The Morgan fingerprint density at radius 1 is 0.411 bits per heavy atom. The first kappa shape index (κ1) is 54.6. The molecule has 0 saturated carbocycles. The van der Waals surface area contributed by atoms with Crippen LogP contribution in [0.1, 0.15) is 271 Å². The second-order valence-electron chi connectivity index (χ2n) is 17.2. The third kappa shape index (κ3) is 43.7. The van der Waals surface area contributed by atoms with Gasteiger partial charge in [-0.3, -0.25) is 4.79 Å². The molecular weight excluding hydrogens is 687 g/mol. The number of aliphatic hydroxyl groups is 2. The quantitative estimate of drug-likeness (QED) is 0.0425. The Labute approximate surface area is 351 Å².